The number of hydrogen-bond acceptors (Lipinski definition) is 2. The summed E-state index contributed by atoms with van der Waals surface area (Å²) in [6.45, 7) is 8.57. The molecule has 0 spiro atoms. The lowest BCUT2D eigenvalue weighted by molar-refractivity contribution is 0.189. The molecule has 0 bridgehead atoms. The van der Waals surface area contributed by atoms with Gasteiger partial charge in [-0.2, -0.15) is 0 Å². The Morgan fingerprint density at radius 1 is 1.14 bits per heavy atom. The van der Waals surface area contributed by atoms with E-state index in [1.165, 1.54) is 18.4 Å². The molecule has 1 atom stereocenters. The number of benzene rings is 1. The molecule has 1 unspecified atom stereocenters. The van der Waals surface area contributed by atoms with Gasteiger partial charge in [-0.3, -0.25) is 0 Å². The Morgan fingerprint density at radius 2 is 1.81 bits per heavy atom. The molecular weight excluding hydrogens is 282 g/mol. The molecule has 120 valence electrons. The Bertz CT molecular complexity index is 383. The van der Waals surface area contributed by atoms with Crippen LogP contribution in [0.3, 0.4) is 0 Å². The van der Waals surface area contributed by atoms with Crippen LogP contribution in [-0.4, -0.2) is 25.8 Å². The van der Waals surface area contributed by atoms with Crippen LogP contribution in [0.25, 0.3) is 0 Å². The highest BCUT2D eigenvalue weighted by Crippen LogP contribution is 2.18. The molecule has 0 saturated carbocycles. The Kier molecular flexibility index (Phi) is 8.31. The van der Waals surface area contributed by atoms with Crippen molar-refractivity contribution in [1.29, 1.82) is 0 Å². The van der Waals surface area contributed by atoms with Crippen LogP contribution in [0.15, 0.2) is 24.3 Å². The molecule has 21 heavy (non-hydrogen) atoms. The van der Waals surface area contributed by atoms with E-state index in [4.69, 9.17) is 16.3 Å². The van der Waals surface area contributed by atoms with Crippen LogP contribution in [-0.2, 0) is 11.2 Å². The Balaban J connectivity index is 2.51. The maximum atomic E-state index is 5.96. The molecule has 0 aliphatic carbocycles. The molecular formula is C18H30ClNO. The van der Waals surface area contributed by atoms with Gasteiger partial charge in [-0.1, -0.05) is 30.2 Å². The van der Waals surface area contributed by atoms with E-state index in [0.29, 0.717) is 5.92 Å². The molecule has 0 saturated heterocycles. The highest BCUT2D eigenvalue weighted by Gasteiger charge is 2.14. The monoisotopic (exact) mass is 311 g/mol. The molecule has 3 heteroatoms. The first-order chi connectivity index (χ1) is 9.90. The van der Waals surface area contributed by atoms with Crippen molar-refractivity contribution in [2.75, 3.05) is 20.3 Å². The van der Waals surface area contributed by atoms with Gasteiger partial charge in [-0.25, -0.2) is 0 Å². The molecule has 0 amide bonds. The molecule has 1 aromatic carbocycles. The Morgan fingerprint density at radius 3 is 2.38 bits per heavy atom. The van der Waals surface area contributed by atoms with E-state index in [2.05, 4.69) is 38.2 Å². The van der Waals surface area contributed by atoms with Gasteiger partial charge >= 0.3 is 0 Å². The third-order valence-corrected chi connectivity index (χ3v) is 3.82. The van der Waals surface area contributed by atoms with Crippen LogP contribution in [0.5, 0.6) is 0 Å². The van der Waals surface area contributed by atoms with Gasteiger partial charge in [0.15, 0.2) is 0 Å². The van der Waals surface area contributed by atoms with E-state index in [-0.39, 0.29) is 5.54 Å². The second kappa shape index (κ2) is 9.45. The van der Waals surface area contributed by atoms with Gasteiger partial charge in [0.05, 0.1) is 0 Å². The van der Waals surface area contributed by atoms with Crippen molar-refractivity contribution in [3.63, 3.8) is 0 Å². The molecule has 1 rings (SSSR count). The smallest absolute Gasteiger partial charge is 0.0462 e. The van der Waals surface area contributed by atoms with Gasteiger partial charge in [0.2, 0.25) is 0 Å². The summed E-state index contributed by atoms with van der Waals surface area (Å²) in [4.78, 5) is 0. The quantitative estimate of drug-likeness (QED) is 0.667. The number of nitrogens with one attached hydrogen (secondary N) is 1. The number of halogens is 1. The SMILES string of the molecule is COCCCCC(CNC(C)(C)C)Cc1ccc(Cl)cc1. The van der Waals surface area contributed by atoms with E-state index in [9.17, 15) is 0 Å². The van der Waals surface area contributed by atoms with Crippen molar-refractivity contribution in [1.82, 2.24) is 5.32 Å². The lowest BCUT2D eigenvalue weighted by Crippen LogP contribution is -2.39. The summed E-state index contributed by atoms with van der Waals surface area (Å²) in [6.07, 6.45) is 4.70. The first-order valence-electron chi connectivity index (χ1n) is 7.89. The average Bonchev–Trinajstić information content (AvgIpc) is 2.42. The van der Waals surface area contributed by atoms with Crippen LogP contribution >= 0.6 is 11.6 Å². The van der Waals surface area contributed by atoms with E-state index < -0.39 is 0 Å². The molecule has 1 N–H and O–H groups in total. The fourth-order valence-corrected chi connectivity index (χ4v) is 2.49. The van der Waals surface area contributed by atoms with Gasteiger partial charge in [-0.15, -0.1) is 0 Å². The fourth-order valence-electron chi connectivity index (χ4n) is 2.36. The van der Waals surface area contributed by atoms with Crippen molar-refractivity contribution in [2.24, 2.45) is 5.92 Å². The Labute approximate surface area is 135 Å². The zero-order chi connectivity index (χ0) is 15.7. The van der Waals surface area contributed by atoms with E-state index in [0.717, 1.165) is 31.0 Å². The Hall–Kier alpha value is -0.570. The van der Waals surface area contributed by atoms with Crippen molar-refractivity contribution in [2.45, 2.75) is 52.0 Å². The predicted octanol–water partition coefficient (Wildman–Crippen LogP) is 4.70. The van der Waals surface area contributed by atoms with Gasteiger partial charge in [0, 0.05) is 24.3 Å². The fraction of sp³-hybridized carbons (Fsp3) is 0.667. The lowest BCUT2D eigenvalue weighted by Gasteiger charge is -2.25. The molecule has 0 aliphatic heterocycles. The molecule has 2 nitrogen and oxygen atoms in total. The first kappa shape index (κ1) is 18.5. The highest BCUT2D eigenvalue weighted by atomic mass is 35.5. The zero-order valence-corrected chi connectivity index (χ0v) is 14.7. The van der Waals surface area contributed by atoms with Gasteiger partial charge in [0.1, 0.15) is 0 Å². The van der Waals surface area contributed by atoms with Crippen LogP contribution in [0, 0.1) is 5.92 Å². The molecule has 0 fully saturated rings. The molecule has 0 radical (unpaired) electrons. The third kappa shape index (κ3) is 9.13. The van der Waals surface area contributed by atoms with Crippen LogP contribution < -0.4 is 5.32 Å². The number of rotatable bonds is 9. The lowest BCUT2D eigenvalue weighted by atomic mass is 9.93. The average molecular weight is 312 g/mol. The van der Waals surface area contributed by atoms with E-state index >= 15 is 0 Å². The van der Waals surface area contributed by atoms with Crippen LogP contribution in [0.2, 0.25) is 5.02 Å². The summed E-state index contributed by atoms with van der Waals surface area (Å²) in [5.74, 6) is 0.655. The first-order valence-corrected chi connectivity index (χ1v) is 8.27. The number of ether oxygens (including phenoxy) is 1. The largest absolute Gasteiger partial charge is 0.385 e. The third-order valence-electron chi connectivity index (χ3n) is 3.57. The summed E-state index contributed by atoms with van der Waals surface area (Å²) >= 11 is 5.96. The van der Waals surface area contributed by atoms with Gasteiger partial charge in [0.25, 0.3) is 0 Å². The van der Waals surface area contributed by atoms with Crippen molar-refractivity contribution in [3.05, 3.63) is 34.9 Å². The maximum absolute atomic E-state index is 5.96. The second-order valence-electron chi connectivity index (χ2n) is 6.82. The summed E-state index contributed by atoms with van der Waals surface area (Å²) in [7, 11) is 1.77. The summed E-state index contributed by atoms with van der Waals surface area (Å²) in [5.41, 5.74) is 1.54. The topological polar surface area (TPSA) is 21.3 Å². The minimum Gasteiger partial charge on any atom is -0.385 e. The van der Waals surface area contributed by atoms with E-state index in [1.807, 2.05) is 12.1 Å². The molecule has 0 aromatic heterocycles. The molecule has 0 heterocycles. The summed E-state index contributed by atoms with van der Waals surface area (Å²) in [5, 5.41) is 4.45. The van der Waals surface area contributed by atoms with Crippen molar-refractivity contribution < 1.29 is 4.74 Å². The van der Waals surface area contributed by atoms with Crippen LogP contribution in [0.4, 0.5) is 0 Å². The predicted molar refractivity (Wildman–Crippen MR) is 92.1 cm³/mol. The zero-order valence-electron chi connectivity index (χ0n) is 13.9. The van der Waals surface area contributed by atoms with Gasteiger partial charge in [-0.05, 0) is 70.2 Å². The van der Waals surface area contributed by atoms with E-state index in [1.54, 1.807) is 7.11 Å². The van der Waals surface area contributed by atoms with Crippen molar-refractivity contribution in [3.8, 4) is 0 Å². The normalized spacial score (nSPS) is 13.4. The standard InChI is InChI=1S/C18H30ClNO/c1-18(2,3)20-14-16(7-5-6-12-21-4)13-15-8-10-17(19)11-9-15/h8-11,16,20H,5-7,12-14H2,1-4H3. The highest BCUT2D eigenvalue weighted by molar-refractivity contribution is 6.30. The molecule has 1 aromatic rings. The van der Waals surface area contributed by atoms with Crippen LogP contribution in [0.1, 0.15) is 45.6 Å². The summed E-state index contributed by atoms with van der Waals surface area (Å²) in [6, 6.07) is 8.25. The maximum Gasteiger partial charge on any atom is 0.0462 e. The summed E-state index contributed by atoms with van der Waals surface area (Å²) < 4.78 is 5.14. The number of methoxy groups -OCH3 is 1. The molecule has 0 aliphatic rings. The minimum absolute atomic E-state index is 0.171. The second-order valence-corrected chi connectivity index (χ2v) is 7.25. The minimum atomic E-state index is 0.171. The van der Waals surface area contributed by atoms with Crippen molar-refractivity contribution >= 4 is 11.6 Å². The number of unbranched alkanes of at least 4 members (excludes halogenated alkanes) is 1. The van der Waals surface area contributed by atoms with Gasteiger partial charge < -0.3 is 10.1 Å². The number of hydrogen-bond donors (Lipinski definition) is 1.